The molecule has 0 unspecified atom stereocenters. The molecule has 0 fully saturated rings. The number of benzene rings is 4. The first kappa shape index (κ1) is 25.5. The second-order valence-electron chi connectivity index (χ2n) is 10.4. The summed E-state index contributed by atoms with van der Waals surface area (Å²) in [6.45, 7) is 0. The van der Waals surface area contributed by atoms with E-state index in [0.717, 1.165) is 44.8 Å². The molecule has 0 N–H and O–H groups in total. The number of imidazole rings is 1. The summed E-state index contributed by atoms with van der Waals surface area (Å²) in [5.74, 6) is -0.0547. The summed E-state index contributed by atoms with van der Waals surface area (Å²) in [4.78, 5) is 26.9. The minimum atomic E-state index is -0.649. The third-order valence-corrected chi connectivity index (χ3v) is 8.02. The van der Waals surface area contributed by atoms with E-state index in [9.17, 15) is 4.79 Å². The van der Waals surface area contributed by atoms with Crippen LogP contribution in [0.2, 0.25) is 0 Å². The average molecular weight is 545 g/mol. The third-order valence-electron chi connectivity index (χ3n) is 8.02. The zero-order valence-corrected chi connectivity index (χ0v) is 23.0. The lowest BCUT2D eigenvalue weighted by Crippen LogP contribution is -2.36. The lowest BCUT2D eigenvalue weighted by atomic mass is 9.77. The summed E-state index contributed by atoms with van der Waals surface area (Å²) in [6, 6.07) is 39.8. The van der Waals surface area contributed by atoms with Crippen LogP contribution in [-0.2, 0) is 12.0 Å². The first-order valence-corrected chi connectivity index (χ1v) is 14.1. The monoisotopic (exact) mass is 544 g/mol. The zero-order valence-electron chi connectivity index (χ0n) is 23.0. The van der Waals surface area contributed by atoms with Gasteiger partial charge in [-0.25, -0.2) is 9.97 Å². The molecule has 0 aliphatic heterocycles. The Morgan fingerprint density at radius 2 is 1.21 bits per heavy atom. The van der Waals surface area contributed by atoms with E-state index in [4.69, 9.17) is 4.98 Å². The highest BCUT2D eigenvalue weighted by atomic mass is 16.1. The number of carbonyl (C=O) groups is 1. The second-order valence-corrected chi connectivity index (χ2v) is 10.4. The molecule has 0 atom stereocenters. The van der Waals surface area contributed by atoms with Gasteiger partial charge < -0.3 is 4.57 Å². The molecular weight excluding hydrogens is 516 g/mol. The summed E-state index contributed by atoms with van der Waals surface area (Å²) in [5.41, 5.74) is 7.45. The second kappa shape index (κ2) is 10.9. The van der Waals surface area contributed by atoms with E-state index in [-0.39, 0.29) is 5.78 Å². The number of aromatic nitrogens is 4. The maximum absolute atomic E-state index is 13.3. The molecule has 0 radical (unpaired) electrons. The number of allylic oxidation sites excluding steroid dienone is 1. The molecule has 2 heterocycles. The zero-order chi connectivity index (χ0) is 28.4. The van der Waals surface area contributed by atoms with Crippen molar-refractivity contribution < 1.29 is 4.79 Å². The highest BCUT2D eigenvalue weighted by Gasteiger charge is 2.38. The van der Waals surface area contributed by atoms with E-state index < -0.39 is 5.54 Å². The average Bonchev–Trinajstić information content (AvgIpc) is 3.55. The van der Waals surface area contributed by atoms with Crippen molar-refractivity contribution in [1.82, 2.24) is 19.5 Å². The first-order chi connectivity index (χ1) is 20.7. The Labute approximate surface area is 244 Å². The number of hydrogen-bond acceptors (Lipinski definition) is 4. The molecule has 4 aromatic carbocycles. The van der Waals surface area contributed by atoms with Crippen molar-refractivity contribution >= 4 is 11.9 Å². The van der Waals surface area contributed by atoms with Crippen LogP contribution in [0.15, 0.2) is 146 Å². The number of carbonyl (C=O) groups excluding carboxylic acids is 1. The number of hydrogen-bond donors (Lipinski definition) is 0. The molecule has 5 heteroatoms. The van der Waals surface area contributed by atoms with Crippen LogP contribution in [-0.4, -0.2) is 25.3 Å². The highest BCUT2D eigenvalue weighted by molar-refractivity contribution is 6.12. The standard InChI is InChI=1S/C37H28N4O/c42-36-28(20-21-33-35(36)39-23-22-38-33)24-27-12-10-11-19-32(27)34-25-41(26-40-34)37(29-13-4-1-5-14-29,30-15-6-2-7-16-30)31-17-8-3-9-18-31/h1-19,22-26H,20-21H2. The van der Waals surface area contributed by atoms with Crippen LogP contribution in [0.4, 0.5) is 0 Å². The van der Waals surface area contributed by atoms with Crippen molar-refractivity contribution in [2.24, 2.45) is 0 Å². The molecule has 0 saturated heterocycles. The Hall–Kier alpha value is -5.42. The van der Waals surface area contributed by atoms with Gasteiger partial charge in [-0.1, -0.05) is 115 Å². The van der Waals surface area contributed by atoms with E-state index in [2.05, 4.69) is 99.6 Å². The normalized spacial score (nSPS) is 14.1. The van der Waals surface area contributed by atoms with Crippen LogP contribution in [0.5, 0.6) is 0 Å². The van der Waals surface area contributed by atoms with E-state index in [1.165, 1.54) is 0 Å². The summed E-state index contributed by atoms with van der Waals surface area (Å²) in [6.07, 6.45) is 10.6. The molecule has 1 aliphatic carbocycles. The molecule has 5 nitrogen and oxygen atoms in total. The number of Topliss-reactive ketones (excluding diaryl/α,β-unsaturated/α-hetero) is 1. The molecule has 0 saturated carbocycles. The van der Waals surface area contributed by atoms with Crippen LogP contribution < -0.4 is 0 Å². The van der Waals surface area contributed by atoms with Gasteiger partial charge in [0.25, 0.3) is 0 Å². The fourth-order valence-corrected chi connectivity index (χ4v) is 6.07. The summed E-state index contributed by atoms with van der Waals surface area (Å²) < 4.78 is 2.21. The largest absolute Gasteiger partial charge is 0.318 e. The van der Waals surface area contributed by atoms with E-state index in [0.29, 0.717) is 18.5 Å². The maximum atomic E-state index is 13.3. The molecule has 1 aliphatic rings. The SMILES string of the molecule is O=C1C(=Cc2ccccc2-c2cn(C(c3ccccc3)(c3ccccc3)c3ccccc3)cn2)CCc2nccnc21. The van der Waals surface area contributed by atoms with Crippen molar-refractivity contribution in [3.63, 3.8) is 0 Å². The molecule has 2 aromatic heterocycles. The molecule has 7 rings (SSSR count). The van der Waals surface area contributed by atoms with Gasteiger partial charge in [0.1, 0.15) is 11.2 Å². The predicted octanol–water partition coefficient (Wildman–Crippen LogP) is 7.39. The lowest BCUT2D eigenvalue weighted by molar-refractivity contribution is 0.102. The van der Waals surface area contributed by atoms with Gasteiger partial charge in [-0.05, 0) is 41.2 Å². The molecular formula is C37H28N4O. The van der Waals surface area contributed by atoms with Gasteiger partial charge in [-0.3, -0.25) is 9.78 Å². The van der Waals surface area contributed by atoms with Gasteiger partial charge in [0.05, 0.1) is 17.7 Å². The summed E-state index contributed by atoms with van der Waals surface area (Å²) in [5, 5.41) is 0. The quantitative estimate of drug-likeness (QED) is 0.162. The van der Waals surface area contributed by atoms with E-state index in [1.54, 1.807) is 12.4 Å². The minimum Gasteiger partial charge on any atom is -0.318 e. The number of nitrogens with zero attached hydrogens (tertiary/aromatic N) is 4. The molecule has 6 aromatic rings. The number of ketones is 1. The van der Waals surface area contributed by atoms with Crippen LogP contribution in [0.3, 0.4) is 0 Å². The summed E-state index contributed by atoms with van der Waals surface area (Å²) in [7, 11) is 0. The van der Waals surface area contributed by atoms with Gasteiger partial charge in [0.15, 0.2) is 0 Å². The fraction of sp³-hybridized carbons (Fsp3) is 0.0811. The Morgan fingerprint density at radius 1 is 0.643 bits per heavy atom. The third kappa shape index (κ3) is 4.36. The summed E-state index contributed by atoms with van der Waals surface area (Å²) >= 11 is 0. The van der Waals surface area contributed by atoms with Crippen LogP contribution in [0, 0.1) is 0 Å². The topological polar surface area (TPSA) is 60.7 Å². The van der Waals surface area contributed by atoms with Crippen molar-refractivity contribution in [1.29, 1.82) is 0 Å². The Bertz CT molecular complexity index is 1800. The van der Waals surface area contributed by atoms with E-state index >= 15 is 0 Å². The van der Waals surface area contributed by atoms with Gasteiger partial charge in [0.2, 0.25) is 5.78 Å². The van der Waals surface area contributed by atoms with Gasteiger partial charge in [0, 0.05) is 29.7 Å². The highest BCUT2D eigenvalue weighted by Crippen LogP contribution is 2.41. The van der Waals surface area contributed by atoms with Crippen molar-refractivity contribution in [2.45, 2.75) is 18.4 Å². The van der Waals surface area contributed by atoms with E-state index in [1.807, 2.05) is 48.8 Å². The molecule has 202 valence electrons. The molecule has 0 spiro atoms. The first-order valence-electron chi connectivity index (χ1n) is 14.1. The van der Waals surface area contributed by atoms with Crippen LogP contribution in [0.1, 0.15) is 44.9 Å². The lowest BCUT2D eigenvalue weighted by Gasteiger charge is -2.37. The molecule has 0 bridgehead atoms. The number of rotatable bonds is 6. The van der Waals surface area contributed by atoms with Crippen LogP contribution >= 0.6 is 0 Å². The van der Waals surface area contributed by atoms with Crippen molar-refractivity contribution in [2.75, 3.05) is 0 Å². The maximum Gasteiger partial charge on any atom is 0.209 e. The Kier molecular flexibility index (Phi) is 6.61. The fourth-order valence-electron chi connectivity index (χ4n) is 6.07. The minimum absolute atomic E-state index is 0.0547. The predicted molar refractivity (Wildman–Crippen MR) is 165 cm³/mol. The van der Waals surface area contributed by atoms with Gasteiger partial charge >= 0.3 is 0 Å². The smallest absolute Gasteiger partial charge is 0.209 e. The van der Waals surface area contributed by atoms with Gasteiger partial charge in [-0.2, -0.15) is 0 Å². The number of fused-ring (bicyclic) bond motifs is 1. The Balaban J connectivity index is 1.38. The molecule has 42 heavy (non-hydrogen) atoms. The van der Waals surface area contributed by atoms with Crippen molar-refractivity contribution in [3.8, 4) is 11.3 Å². The van der Waals surface area contributed by atoms with Gasteiger partial charge in [-0.15, -0.1) is 0 Å². The molecule has 0 amide bonds. The van der Waals surface area contributed by atoms with Crippen molar-refractivity contribution in [3.05, 3.63) is 179 Å². The Morgan fingerprint density at radius 3 is 1.86 bits per heavy atom. The number of aryl methyl sites for hydroxylation is 1. The van der Waals surface area contributed by atoms with Crippen LogP contribution in [0.25, 0.3) is 17.3 Å².